The highest BCUT2D eigenvalue weighted by Gasteiger charge is 2.44. The lowest BCUT2D eigenvalue weighted by Crippen LogP contribution is -2.59. The van der Waals surface area contributed by atoms with Gasteiger partial charge in [0.25, 0.3) is 0 Å². The molecule has 2 amide bonds. The number of nitrogens with zero attached hydrogens (tertiary/aromatic N) is 2. The number of amides is 2. The normalized spacial score (nSPS) is 23.0. The lowest BCUT2D eigenvalue weighted by atomic mass is 9.96. The van der Waals surface area contributed by atoms with Gasteiger partial charge in [-0.1, -0.05) is 6.07 Å². The third-order valence-electron chi connectivity index (χ3n) is 5.75. The molecule has 3 heterocycles. The summed E-state index contributed by atoms with van der Waals surface area (Å²) in [6.45, 7) is -0.849. The molecule has 3 atom stereocenters. The molecular formula is C20H27N3O9S2. The molecule has 2 fully saturated rings. The zero-order valence-electron chi connectivity index (χ0n) is 18.5. The predicted molar refractivity (Wildman–Crippen MR) is 118 cm³/mol. The van der Waals surface area contributed by atoms with E-state index in [-0.39, 0.29) is 23.6 Å². The van der Waals surface area contributed by atoms with Crippen LogP contribution in [0.3, 0.4) is 0 Å². The zero-order valence-corrected chi connectivity index (χ0v) is 20.2. The van der Waals surface area contributed by atoms with Crippen LogP contribution in [0.25, 0.3) is 0 Å². The minimum Gasteiger partial charge on any atom is -0.480 e. The topological polar surface area (TPSA) is 160 Å². The molecule has 1 aromatic heterocycles. The molecule has 2 aliphatic heterocycles. The Morgan fingerprint density at radius 3 is 2.56 bits per heavy atom. The number of thiophene rings is 1. The van der Waals surface area contributed by atoms with E-state index in [4.69, 9.17) is 14.6 Å². The number of ether oxygens (including phenoxy) is 2. The van der Waals surface area contributed by atoms with Crippen molar-refractivity contribution >= 4 is 45.1 Å². The van der Waals surface area contributed by atoms with Crippen molar-refractivity contribution in [3.8, 4) is 0 Å². The predicted octanol–water partition coefficient (Wildman–Crippen LogP) is -0.349. The Bertz CT molecular complexity index is 1010. The first kappa shape index (κ1) is 26.1. The van der Waals surface area contributed by atoms with E-state index >= 15 is 0 Å². The van der Waals surface area contributed by atoms with Gasteiger partial charge in [0.1, 0.15) is 29.5 Å². The highest BCUT2D eigenvalue weighted by Crippen LogP contribution is 2.27. The number of carbonyl (C=O) groups excluding carboxylic acids is 3. The van der Waals surface area contributed by atoms with E-state index in [2.05, 4.69) is 4.72 Å². The van der Waals surface area contributed by atoms with Gasteiger partial charge in [0, 0.05) is 19.1 Å². The van der Waals surface area contributed by atoms with E-state index in [9.17, 15) is 27.6 Å². The van der Waals surface area contributed by atoms with Gasteiger partial charge >= 0.3 is 11.9 Å². The van der Waals surface area contributed by atoms with Gasteiger partial charge in [-0.3, -0.25) is 9.59 Å². The molecule has 12 nitrogen and oxygen atoms in total. The van der Waals surface area contributed by atoms with E-state index in [1.54, 1.807) is 11.4 Å². The third-order valence-corrected chi connectivity index (χ3v) is 8.67. The number of aliphatic carboxylic acids is 1. The number of esters is 1. The summed E-state index contributed by atoms with van der Waals surface area (Å²) in [5.41, 5.74) is 0. The Balaban J connectivity index is 1.79. The van der Waals surface area contributed by atoms with Crippen LogP contribution in [0, 0.1) is 0 Å². The van der Waals surface area contributed by atoms with Crippen LogP contribution in [0.4, 0.5) is 0 Å². The fourth-order valence-corrected chi connectivity index (χ4v) is 6.50. The first-order valence-corrected chi connectivity index (χ1v) is 13.0. The Labute approximate surface area is 200 Å². The maximum Gasteiger partial charge on any atom is 0.329 e. The van der Waals surface area contributed by atoms with E-state index in [0.29, 0.717) is 19.4 Å². The molecule has 1 aromatic rings. The van der Waals surface area contributed by atoms with Crippen LogP contribution < -0.4 is 4.72 Å². The van der Waals surface area contributed by atoms with Gasteiger partial charge < -0.3 is 24.4 Å². The number of carbonyl (C=O) groups is 4. The number of hydrogen-bond donors (Lipinski definition) is 2. The van der Waals surface area contributed by atoms with Gasteiger partial charge in [0.05, 0.1) is 7.11 Å². The molecule has 2 saturated heterocycles. The highest BCUT2D eigenvalue weighted by molar-refractivity contribution is 7.91. The molecule has 188 valence electrons. The lowest BCUT2D eigenvalue weighted by Gasteiger charge is -2.40. The van der Waals surface area contributed by atoms with Crippen LogP contribution in [-0.2, 0) is 38.7 Å². The number of carboxylic acid groups (broad SMARTS) is 1. The van der Waals surface area contributed by atoms with Crippen molar-refractivity contribution in [1.82, 2.24) is 14.5 Å². The molecular weight excluding hydrogens is 490 g/mol. The molecule has 0 saturated carbocycles. The van der Waals surface area contributed by atoms with Gasteiger partial charge in [-0.05, 0) is 37.1 Å². The third kappa shape index (κ3) is 6.11. The van der Waals surface area contributed by atoms with E-state index in [0.717, 1.165) is 11.3 Å². The highest BCUT2D eigenvalue weighted by atomic mass is 32.2. The van der Waals surface area contributed by atoms with Crippen molar-refractivity contribution in [1.29, 1.82) is 0 Å². The smallest absolute Gasteiger partial charge is 0.329 e. The average molecular weight is 518 g/mol. The fraction of sp³-hybridized carbons (Fsp3) is 0.600. The second-order valence-electron chi connectivity index (χ2n) is 7.98. The standard InChI is InChI=1S/C20H27N3O9S2/c1-31-20(28)14-4-2-7-23(14)19(27)15-10-13(21-34(29,30)18-5-3-9-33-18)6-8-22(15)16(24)11-32-12-17(25)26/h3,5,9,13-15,21H,2,4,6-8,10-12H2,1H3,(H,25,26)/t13-,14-,15+/m0/s1. The van der Waals surface area contributed by atoms with Crippen LogP contribution in [0.1, 0.15) is 25.7 Å². The number of rotatable bonds is 9. The summed E-state index contributed by atoms with van der Waals surface area (Å²) in [5.74, 6) is -2.87. The number of likely N-dealkylation sites (tertiary alicyclic amines) is 2. The van der Waals surface area contributed by atoms with E-state index < -0.39 is 65.1 Å². The van der Waals surface area contributed by atoms with Crippen LogP contribution in [-0.4, -0.2) is 98.6 Å². The molecule has 2 N–H and O–H groups in total. The van der Waals surface area contributed by atoms with Gasteiger partial charge in [0.2, 0.25) is 21.8 Å². The maximum absolute atomic E-state index is 13.5. The number of carboxylic acids is 1. The number of sulfonamides is 1. The Morgan fingerprint density at radius 2 is 1.91 bits per heavy atom. The average Bonchev–Trinajstić information content (AvgIpc) is 3.50. The van der Waals surface area contributed by atoms with Crippen molar-refractivity contribution in [2.24, 2.45) is 0 Å². The van der Waals surface area contributed by atoms with Crippen molar-refractivity contribution in [3.63, 3.8) is 0 Å². The first-order chi connectivity index (χ1) is 16.1. The zero-order chi connectivity index (χ0) is 24.9. The number of methoxy groups -OCH3 is 1. The summed E-state index contributed by atoms with van der Waals surface area (Å²) < 4.78 is 37.8. The van der Waals surface area contributed by atoms with Crippen molar-refractivity contribution in [3.05, 3.63) is 17.5 Å². The van der Waals surface area contributed by atoms with E-state index in [1.807, 2.05) is 0 Å². The summed E-state index contributed by atoms with van der Waals surface area (Å²) in [4.78, 5) is 51.7. The van der Waals surface area contributed by atoms with Crippen molar-refractivity contribution in [2.75, 3.05) is 33.4 Å². The van der Waals surface area contributed by atoms with Crippen LogP contribution in [0.15, 0.2) is 21.7 Å². The van der Waals surface area contributed by atoms with Crippen molar-refractivity contribution in [2.45, 2.75) is 48.0 Å². The largest absolute Gasteiger partial charge is 0.480 e. The Kier molecular flexibility index (Phi) is 8.62. The van der Waals surface area contributed by atoms with Crippen molar-refractivity contribution < 1.29 is 42.2 Å². The summed E-state index contributed by atoms with van der Waals surface area (Å²) >= 11 is 1.06. The Hall–Kier alpha value is -2.55. The molecule has 0 spiro atoms. The number of hydrogen-bond acceptors (Lipinski definition) is 9. The SMILES string of the molecule is COC(=O)[C@@H]1CCCN1C(=O)[C@H]1C[C@@H](NS(=O)(=O)c2cccs2)CCN1C(=O)COCC(=O)O. The molecule has 0 bridgehead atoms. The van der Waals surface area contributed by atoms with Crippen LogP contribution >= 0.6 is 11.3 Å². The van der Waals surface area contributed by atoms with Gasteiger partial charge in [-0.15, -0.1) is 11.3 Å². The van der Waals surface area contributed by atoms with Crippen LogP contribution in [0.5, 0.6) is 0 Å². The molecule has 0 aromatic carbocycles. The number of nitrogens with one attached hydrogen (secondary N) is 1. The maximum atomic E-state index is 13.5. The van der Waals surface area contributed by atoms with E-state index in [1.165, 1.54) is 23.0 Å². The lowest BCUT2D eigenvalue weighted by molar-refractivity contribution is -0.157. The minimum absolute atomic E-state index is 0.00149. The molecule has 2 aliphatic rings. The molecule has 0 radical (unpaired) electrons. The first-order valence-electron chi connectivity index (χ1n) is 10.7. The number of piperidine rings is 1. The molecule has 0 aliphatic carbocycles. The second-order valence-corrected chi connectivity index (χ2v) is 10.9. The van der Waals surface area contributed by atoms with Gasteiger partial charge in [0.15, 0.2) is 0 Å². The molecule has 3 rings (SSSR count). The molecule has 34 heavy (non-hydrogen) atoms. The molecule has 14 heteroatoms. The summed E-state index contributed by atoms with van der Waals surface area (Å²) in [6, 6.07) is 0.643. The summed E-state index contributed by atoms with van der Waals surface area (Å²) in [6.07, 6.45) is 1.26. The monoisotopic (exact) mass is 517 g/mol. The molecule has 0 unspecified atom stereocenters. The second kappa shape index (κ2) is 11.3. The summed E-state index contributed by atoms with van der Waals surface area (Å²) in [7, 11) is -2.57. The Morgan fingerprint density at radius 1 is 1.15 bits per heavy atom. The quantitative estimate of drug-likeness (QED) is 0.417. The van der Waals surface area contributed by atoms with Gasteiger partial charge in [-0.2, -0.15) is 0 Å². The fourth-order valence-electron chi connectivity index (χ4n) is 4.21. The minimum atomic E-state index is -3.80. The van der Waals surface area contributed by atoms with Crippen LogP contribution in [0.2, 0.25) is 0 Å². The summed E-state index contributed by atoms with van der Waals surface area (Å²) in [5, 5.41) is 10.4. The van der Waals surface area contributed by atoms with Gasteiger partial charge in [-0.25, -0.2) is 22.7 Å².